The summed E-state index contributed by atoms with van der Waals surface area (Å²) in [5, 5.41) is 9.65. The predicted molar refractivity (Wildman–Crippen MR) is 63.4 cm³/mol. The molecule has 1 aliphatic rings. The van der Waals surface area contributed by atoms with Gasteiger partial charge < -0.3 is 9.84 Å². The summed E-state index contributed by atoms with van der Waals surface area (Å²) < 4.78 is 19.4. The van der Waals surface area contributed by atoms with Crippen LogP contribution in [0.3, 0.4) is 0 Å². The van der Waals surface area contributed by atoms with Gasteiger partial charge in [-0.2, -0.15) is 0 Å². The molecular formula is C11H11BrClFO2. The van der Waals surface area contributed by atoms with E-state index in [1.54, 1.807) is 0 Å². The zero-order valence-corrected chi connectivity index (χ0v) is 10.8. The Bertz CT molecular complexity index is 400. The number of ether oxygens (including phenoxy) is 1. The molecule has 0 bridgehead atoms. The number of aliphatic hydroxyl groups is 1. The molecule has 0 aliphatic heterocycles. The summed E-state index contributed by atoms with van der Waals surface area (Å²) in [4.78, 5) is 0. The maximum atomic E-state index is 13.2. The van der Waals surface area contributed by atoms with E-state index in [0.29, 0.717) is 10.2 Å². The Morgan fingerprint density at radius 1 is 1.44 bits per heavy atom. The quantitative estimate of drug-likeness (QED) is 0.847. The molecule has 2 atom stereocenters. The van der Waals surface area contributed by atoms with Crippen molar-refractivity contribution >= 4 is 27.5 Å². The summed E-state index contributed by atoms with van der Waals surface area (Å²) in [5.41, 5.74) is 0. The SMILES string of the molecule is O[C@H]1CCC[C@@H]1Oc1cc(F)c(Cl)cc1Br. The Labute approximate surface area is 106 Å². The van der Waals surface area contributed by atoms with E-state index < -0.39 is 11.9 Å². The Morgan fingerprint density at radius 3 is 2.81 bits per heavy atom. The summed E-state index contributed by atoms with van der Waals surface area (Å²) in [6.07, 6.45) is 1.73. The van der Waals surface area contributed by atoms with Crippen LogP contribution in [-0.2, 0) is 0 Å². The second-order valence-electron chi connectivity index (χ2n) is 3.85. The maximum absolute atomic E-state index is 13.2. The van der Waals surface area contributed by atoms with Crippen molar-refractivity contribution in [2.24, 2.45) is 0 Å². The summed E-state index contributed by atoms with van der Waals surface area (Å²) in [7, 11) is 0. The standard InChI is InChI=1S/C11H11BrClFO2/c12-6-4-7(13)8(14)5-11(6)16-10-3-1-2-9(10)15/h4-5,9-10,15H,1-3H2/t9-,10-/m0/s1. The zero-order valence-electron chi connectivity index (χ0n) is 8.42. The number of halogens is 3. The molecule has 0 unspecified atom stereocenters. The second-order valence-corrected chi connectivity index (χ2v) is 5.11. The van der Waals surface area contributed by atoms with Gasteiger partial charge in [0.05, 0.1) is 15.6 Å². The topological polar surface area (TPSA) is 29.5 Å². The fourth-order valence-electron chi connectivity index (χ4n) is 1.80. The van der Waals surface area contributed by atoms with Crippen LogP contribution in [0, 0.1) is 5.82 Å². The summed E-state index contributed by atoms with van der Waals surface area (Å²) in [6.45, 7) is 0. The highest BCUT2D eigenvalue weighted by Gasteiger charge is 2.27. The first-order valence-electron chi connectivity index (χ1n) is 5.07. The van der Waals surface area contributed by atoms with Crippen molar-refractivity contribution in [2.45, 2.75) is 31.5 Å². The van der Waals surface area contributed by atoms with Crippen LogP contribution in [0.5, 0.6) is 5.75 Å². The van der Waals surface area contributed by atoms with Crippen molar-refractivity contribution in [3.63, 3.8) is 0 Å². The first-order valence-corrected chi connectivity index (χ1v) is 6.24. The predicted octanol–water partition coefficient (Wildman–Crippen LogP) is 3.53. The van der Waals surface area contributed by atoms with Gasteiger partial charge in [-0.1, -0.05) is 11.6 Å². The minimum absolute atomic E-state index is 0.0474. The number of benzene rings is 1. The maximum Gasteiger partial charge on any atom is 0.145 e. The fourth-order valence-corrected chi connectivity index (χ4v) is 2.53. The third-order valence-electron chi connectivity index (χ3n) is 2.67. The monoisotopic (exact) mass is 308 g/mol. The van der Waals surface area contributed by atoms with Gasteiger partial charge in [0.2, 0.25) is 0 Å². The van der Waals surface area contributed by atoms with Crippen molar-refractivity contribution in [3.8, 4) is 5.75 Å². The van der Waals surface area contributed by atoms with Gasteiger partial charge in [-0.05, 0) is 41.3 Å². The molecule has 2 rings (SSSR count). The van der Waals surface area contributed by atoms with E-state index in [-0.39, 0.29) is 11.1 Å². The fraction of sp³-hybridized carbons (Fsp3) is 0.455. The number of hydrogen-bond acceptors (Lipinski definition) is 2. The Hall–Kier alpha value is -0.320. The lowest BCUT2D eigenvalue weighted by Gasteiger charge is -2.18. The Morgan fingerprint density at radius 2 is 2.19 bits per heavy atom. The van der Waals surface area contributed by atoms with E-state index in [1.807, 2.05) is 0 Å². The largest absolute Gasteiger partial charge is 0.486 e. The van der Waals surface area contributed by atoms with Gasteiger partial charge in [0.1, 0.15) is 17.7 Å². The van der Waals surface area contributed by atoms with E-state index in [9.17, 15) is 9.50 Å². The molecule has 1 saturated carbocycles. The Kier molecular flexibility index (Phi) is 3.72. The van der Waals surface area contributed by atoms with E-state index in [0.717, 1.165) is 19.3 Å². The van der Waals surface area contributed by atoms with Gasteiger partial charge >= 0.3 is 0 Å². The van der Waals surface area contributed by atoms with Crippen LogP contribution in [0.1, 0.15) is 19.3 Å². The molecule has 88 valence electrons. The van der Waals surface area contributed by atoms with Gasteiger partial charge in [0.15, 0.2) is 0 Å². The minimum atomic E-state index is -0.521. The highest BCUT2D eigenvalue weighted by Crippen LogP contribution is 2.33. The molecule has 0 aromatic heterocycles. The third kappa shape index (κ3) is 2.50. The van der Waals surface area contributed by atoms with Crippen LogP contribution in [0.25, 0.3) is 0 Å². The van der Waals surface area contributed by atoms with E-state index in [1.165, 1.54) is 12.1 Å². The molecule has 5 heteroatoms. The molecule has 1 aromatic rings. The van der Waals surface area contributed by atoms with Crippen LogP contribution in [0.4, 0.5) is 4.39 Å². The van der Waals surface area contributed by atoms with Crippen molar-refractivity contribution < 1.29 is 14.2 Å². The Balaban J connectivity index is 2.18. The average Bonchev–Trinajstić information content (AvgIpc) is 2.61. The molecule has 0 radical (unpaired) electrons. The smallest absolute Gasteiger partial charge is 0.145 e. The van der Waals surface area contributed by atoms with Gasteiger partial charge in [-0.3, -0.25) is 0 Å². The third-order valence-corrected chi connectivity index (χ3v) is 3.58. The number of rotatable bonds is 2. The number of hydrogen-bond donors (Lipinski definition) is 1. The molecule has 1 N–H and O–H groups in total. The zero-order chi connectivity index (χ0) is 11.7. The highest BCUT2D eigenvalue weighted by atomic mass is 79.9. The normalized spacial score (nSPS) is 24.8. The van der Waals surface area contributed by atoms with Crippen LogP contribution >= 0.6 is 27.5 Å². The average molecular weight is 310 g/mol. The van der Waals surface area contributed by atoms with Crippen LogP contribution in [0.2, 0.25) is 5.02 Å². The van der Waals surface area contributed by atoms with Gasteiger partial charge in [-0.15, -0.1) is 0 Å². The lowest BCUT2D eigenvalue weighted by molar-refractivity contribution is 0.0597. The molecular weight excluding hydrogens is 298 g/mol. The second kappa shape index (κ2) is 4.90. The summed E-state index contributed by atoms with van der Waals surface area (Å²) in [6, 6.07) is 2.69. The number of aliphatic hydroxyl groups excluding tert-OH is 1. The van der Waals surface area contributed by atoms with Gasteiger partial charge in [0.25, 0.3) is 0 Å². The molecule has 0 spiro atoms. The summed E-state index contributed by atoms with van der Waals surface area (Å²) in [5.74, 6) is -0.139. The van der Waals surface area contributed by atoms with Crippen molar-refractivity contribution in [3.05, 3.63) is 27.4 Å². The first-order chi connectivity index (χ1) is 7.58. The molecule has 1 fully saturated rings. The molecule has 0 heterocycles. The van der Waals surface area contributed by atoms with Gasteiger partial charge in [-0.25, -0.2) is 4.39 Å². The molecule has 0 amide bonds. The van der Waals surface area contributed by atoms with Crippen molar-refractivity contribution in [2.75, 3.05) is 0 Å². The van der Waals surface area contributed by atoms with Crippen LogP contribution in [-0.4, -0.2) is 17.3 Å². The summed E-state index contributed by atoms with van der Waals surface area (Å²) >= 11 is 8.87. The molecule has 16 heavy (non-hydrogen) atoms. The first kappa shape index (κ1) is 12.1. The van der Waals surface area contributed by atoms with Crippen molar-refractivity contribution in [1.82, 2.24) is 0 Å². The molecule has 1 aromatic carbocycles. The van der Waals surface area contributed by atoms with Crippen LogP contribution in [0.15, 0.2) is 16.6 Å². The molecule has 0 saturated heterocycles. The van der Waals surface area contributed by atoms with Crippen molar-refractivity contribution in [1.29, 1.82) is 0 Å². The lowest BCUT2D eigenvalue weighted by Crippen LogP contribution is -2.25. The highest BCUT2D eigenvalue weighted by molar-refractivity contribution is 9.10. The van der Waals surface area contributed by atoms with E-state index in [2.05, 4.69) is 15.9 Å². The van der Waals surface area contributed by atoms with Crippen LogP contribution < -0.4 is 4.74 Å². The molecule has 1 aliphatic carbocycles. The van der Waals surface area contributed by atoms with E-state index >= 15 is 0 Å². The van der Waals surface area contributed by atoms with E-state index in [4.69, 9.17) is 16.3 Å². The van der Waals surface area contributed by atoms with Gasteiger partial charge in [0, 0.05) is 6.07 Å². The minimum Gasteiger partial charge on any atom is -0.486 e. The molecule has 2 nitrogen and oxygen atoms in total. The lowest BCUT2D eigenvalue weighted by atomic mass is 10.2.